The number of hydrogen-bond acceptors (Lipinski definition) is 7. The number of amides is 2. The number of guanidine groups is 1. The minimum atomic E-state index is -4.69. The molecule has 2 aromatic rings. The molecule has 0 aliphatic carbocycles. The van der Waals surface area contributed by atoms with Gasteiger partial charge in [-0.25, -0.2) is 0 Å². The van der Waals surface area contributed by atoms with Crippen molar-refractivity contribution in [3.63, 3.8) is 0 Å². The van der Waals surface area contributed by atoms with Gasteiger partial charge in [-0.2, -0.15) is 21.6 Å². The number of nitrogens with zero attached hydrogens (tertiary/aromatic N) is 2. The minimum Gasteiger partial charge on any atom is -0.459 e. The van der Waals surface area contributed by atoms with Gasteiger partial charge in [0.25, 0.3) is 21.9 Å². The average Bonchev–Trinajstić information content (AvgIpc) is 3.25. The SMILES string of the molecule is CS(=O)(=O)O.N=C(N)NC(=O)c1ccc(N2CCN(C(=O)c3ccco3)CC2)c(C(F)(F)F)c1. The predicted octanol–water partition coefficient (Wildman–Crippen LogP) is 1.39. The van der Waals surface area contributed by atoms with E-state index in [1.54, 1.807) is 6.07 Å². The molecule has 0 atom stereocenters. The topological polar surface area (TPSA) is 170 Å². The van der Waals surface area contributed by atoms with E-state index in [1.807, 2.05) is 5.32 Å². The number of anilines is 1. The van der Waals surface area contributed by atoms with Crippen molar-refractivity contribution in [1.29, 1.82) is 5.41 Å². The van der Waals surface area contributed by atoms with Crippen molar-refractivity contribution >= 4 is 33.6 Å². The number of benzene rings is 1. The maximum absolute atomic E-state index is 13.6. The Balaban J connectivity index is 0.000000739. The van der Waals surface area contributed by atoms with Crippen LogP contribution in [0.3, 0.4) is 0 Å². The van der Waals surface area contributed by atoms with E-state index in [1.165, 1.54) is 34.3 Å². The third-order valence-electron chi connectivity index (χ3n) is 4.45. The molecule has 0 bridgehead atoms. The first kappa shape index (κ1) is 26.7. The number of alkyl halides is 3. The van der Waals surface area contributed by atoms with Crippen LogP contribution in [0.15, 0.2) is 41.0 Å². The highest BCUT2D eigenvalue weighted by molar-refractivity contribution is 7.85. The van der Waals surface area contributed by atoms with Crippen LogP contribution in [0.4, 0.5) is 18.9 Å². The van der Waals surface area contributed by atoms with Crippen molar-refractivity contribution in [3.05, 3.63) is 53.5 Å². The Morgan fingerprint density at radius 3 is 2.24 bits per heavy atom. The quantitative estimate of drug-likeness (QED) is 0.275. The van der Waals surface area contributed by atoms with Gasteiger partial charge in [0.05, 0.1) is 18.1 Å². The number of halogens is 3. The molecule has 34 heavy (non-hydrogen) atoms. The van der Waals surface area contributed by atoms with Crippen molar-refractivity contribution in [3.8, 4) is 0 Å². The van der Waals surface area contributed by atoms with Crippen LogP contribution in [0.2, 0.25) is 0 Å². The van der Waals surface area contributed by atoms with Crippen molar-refractivity contribution in [2.24, 2.45) is 5.73 Å². The summed E-state index contributed by atoms with van der Waals surface area (Å²) in [5, 5.41) is 8.99. The fourth-order valence-electron chi connectivity index (χ4n) is 3.08. The zero-order valence-corrected chi connectivity index (χ0v) is 18.6. The molecule has 1 aliphatic rings. The molecule has 2 amide bonds. The highest BCUT2D eigenvalue weighted by atomic mass is 32.2. The Bertz CT molecular complexity index is 1140. The van der Waals surface area contributed by atoms with Gasteiger partial charge in [0, 0.05) is 37.4 Å². The lowest BCUT2D eigenvalue weighted by Gasteiger charge is -2.37. The number of hydrogen-bond donors (Lipinski definition) is 4. The summed E-state index contributed by atoms with van der Waals surface area (Å²) < 4.78 is 71.7. The van der Waals surface area contributed by atoms with Crippen LogP contribution in [0.25, 0.3) is 0 Å². The first-order valence-corrected chi connectivity index (χ1v) is 11.4. The highest BCUT2D eigenvalue weighted by Gasteiger charge is 2.36. The van der Waals surface area contributed by atoms with E-state index >= 15 is 0 Å². The van der Waals surface area contributed by atoms with E-state index in [0.717, 1.165) is 6.07 Å². The number of nitrogens with one attached hydrogen (secondary N) is 2. The molecule has 15 heteroatoms. The largest absolute Gasteiger partial charge is 0.459 e. The summed E-state index contributed by atoms with van der Waals surface area (Å²) >= 11 is 0. The lowest BCUT2D eigenvalue weighted by Crippen LogP contribution is -2.49. The van der Waals surface area contributed by atoms with Crippen molar-refractivity contribution in [1.82, 2.24) is 10.2 Å². The second kappa shape index (κ2) is 10.6. The van der Waals surface area contributed by atoms with Gasteiger partial charge >= 0.3 is 6.18 Å². The molecule has 5 N–H and O–H groups in total. The number of furan rings is 1. The summed E-state index contributed by atoms with van der Waals surface area (Å²) in [5.41, 5.74) is 3.74. The number of carbonyl (C=O) groups excluding carboxylic acids is 2. The van der Waals surface area contributed by atoms with Gasteiger partial charge < -0.3 is 20.0 Å². The summed E-state index contributed by atoms with van der Waals surface area (Å²) in [7, 11) is -3.67. The number of carbonyl (C=O) groups is 2. The minimum absolute atomic E-state index is 0.0815. The standard InChI is InChI=1S/C18H18F3N5O3.CH4O3S/c19-18(20,21)12-10-11(15(27)24-17(22)23)3-4-13(12)25-5-7-26(8-6-25)16(28)14-2-1-9-29-14;1-5(2,3)4/h1-4,9-10H,5-8H2,(H4,22,23,24,27);1H3,(H,2,3,4). The molecule has 0 radical (unpaired) electrons. The van der Waals surface area contributed by atoms with Crippen LogP contribution in [0.5, 0.6) is 0 Å². The van der Waals surface area contributed by atoms with E-state index in [-0.39, 0.29) is 49.1 Å². The van der Waals surface area contributed by atoms with Crippen molar-refractivity contribution in [2.75, 3.05) is 37.3 Å². The third-order valence-corrected chi connectivity index (χ3v) is 4.45. The van der Waals surface area contributed by atoms with Crippen LogP contribution in [0.1, 0.15) is 26.5 Å². The molecule has 0 saturated carbocycles. The van der Waals surface area contributed by atoms with Crippen molar-refractivity contribution < 1.29 is 40.1 Å². The first-order chi connectivity index (χ1) is 15.7. The van der Waals surface area contributed by atoms with Gasteiger partial charge in [-0.05, 0) is 30.3 Å². The molecule has 1 aliphatic heterocycles. The van der Waals surface area contributed by atoms with Crippen LogP contribution in [-0.4, -0.2) is 68.1 Å². The van der Waals surface area contributed by atoms with Crippen LogP contribution < -0.4 is 16.0 Å². The normalized spacial score (nSPS) is 14.1. The number of rotatable bonds is 3. The van der Waals surface area contributed by atoms with Crippen molar-refractivity contribution in [2.45, 2.75) is 6.18 Å². The number of piperazine rings is 1. The first-order valence-electron chi connectivity index (χ1n) is 9.53. The Labute approximate surface area is 192 Å². The Hall–Kier alpha value is -3.59. The molecule has 1 saturated heterocycles. The van der Waals surface area contributed by atoms with Crippen LogP contribution in [-0.2, 0) is 16.3 Å². The van der Waals surface area contributed by atoms with E-state index in [0.29, 0.717) is 6.26 Å². The maximum Gasteiger partial charge on any atom is 0.418 e. The lowest BCUT2D eigenvalue weighted by atomic mass is 10.1. The van der Waals surface area contributed by atoms with Gasteiger partial charge in [-0.1, -0.05) is 0 Å². The van der Waals surface area contributed by atoms with Crippen LogP contribution in [0, 0.1) is 5.41 Å². The molecule has 186 valence electrons. The van der Waals surface area contributed by atoms with Gasteiger partial charge in [-0.3, -0.25) is 24.9 Å². The van der Waals surface area contributed by atoms with Gasteiger partial charge in [-0.15, -0.1) is 0 Å². The molecule has 1 aromatic heterocycles. The van der Waals surface area contributed by atoms with Gasteiger partial charge in [0.15, 0.2) is 11.7 Å². The monoisotopic (exact) mass is 505 g/mol. The summed E-state index contributed by atoms with van der Waals surface area (Å²) in [6, 6.07) is 6.29. The molecule has 0 unspecified atom stereocenters. The molecule has 0 spiro atoms. The average molecular weight is 505 g/mol. The smallest absolute Gasteiger partial charge is 0.418 e. The molecular formula is C19H22F3N5O6S. The molecule has 11 nitrogen and oxygen atoms in total. The highest BCUT2D eigenvalue weighted by Crippen LogP contribution is 2.37. The Morgan fingerprint density at radius 2 is 1.76 bits per heavy atom. The molecule has 1 fully saturated rings. The lowest BCUT2D eigenvalue weighted by molar-refractivity contribution is -0.137. The van der Waals surface area contributed by atoms with E-state index in [2.05, 4.69) is 0 Å². The maximum atomic E-state index is 13.6. The zero-order chi connectivity index (χ0) is 25.7. The van der Waals surface area contributed by atoms with E-state index in [4.69, 9.17) is 20.1 Å². The van der Waals surface area contributed by atoms with Gasteiger partial charge in [0.2, 0.25) is 0 Å². The van der Waals surface area contributed by atoms with E-state index < -0.39 is 33.7 Å². The summed E-state index contributed by atoms with van der Waals surface area (Å²) in [4.78, 5) is 27.2. The summed E-state index contributed by atoms with van der Waals surface area (Å²) in [6.07, 6.45) is -2.60. The summed E-state index contributed by atoms with van der Waals surface area (Å²) in [5.74, 6) is -1.70. The number of nitrogens with two attached hydrogens (primary N) is 1. The predicted molar refractivity (Wildman–Crippen MR) is 115 cm³/mol. The molecule has 1 aromatic carbocycles. The molecular weight excluding hydrogens is 483 g/mol. The van der Waals surface area contributed by atoms with Crippen LogP contribution >= 0.6 is 0 Å². The second-order valence-corrected chi connectivity index (χ2v) is 8.55. The molecule has 2 heterocycles. The fourth-order valence-corrected chi connectivity index (χ4v) is 3.08. The molecule has 3 rings (SSSR count). The zero-order valence-electron chi connectivity index (χ0n) is 17.8. The Kier molecular flexibility index (Phi) is 8.28. The van der Waals surface area contributed by atoms with E-state index in [9.17, 15) is 31.2 Å². The summed E-state index contributed by atoms with van der Waals surface area (Å²) in [6.45, 7) is 0.829. The second-order valence-electron chi connectivity index (χ2n) is 7.09. The third kappa shape index (κ3) is 7.77. The fraction of sp³-hybridized carbons (Fsp3) is 0.316. The van der Waals surface area contributed by atoms with Gasteiger partial charge in [0.1, 0.15) is 0 Å². The Morgan fingerprint density at radius 1 is 1.18 bits per heavy atom.